The van der Waals surface area contributed by atoms with Gasteiger partial charge >= 0.3 is 0 Å². The quantitative estimate of drug-likeness (QED) is 0.236. The second kappa shape index (κ2) is 17.4. The molecule has 1 atom stereocenters. The summed E-state index contributed by atoms with van der Waals surface area (Å²) in [4.78, 5) is 0. The number of hydrogen-bond acceptors (Lipinski definition) is 0. The smallest absolute Gasteiger partial charge is 0.0210 e. The Morgan fingerprint density at radius 1 is 0.500 bits per heavy atom. The Hall–Kier alpha value is 0. The zero-order chi connectivity index (χ0) is 16.5. The fourth-order valence-corrected chi connectivity index (χ4v) is 3.52. The molecule has 0 saturated heterocycles. The highest BCUT2D eigenvalue weighted by molar-refractivity contribution is 4.96. The van der Waals surface area contributed by atoms with E-state index in [1.54, 1.807) is 0 Å². The Labute approximate surface area is 142 Å². The van der Waals surface area contributed by atoms with Crippen LogP contribution in [0.3, 0.4) is 0 Å². The van der Waals surface area contributed by atoms with E-state index in [2.05, 4.69) is 27.7 Å². The van der Waals surface area contributed by atoms with Gasteiger partial charge in [0, 0.05) is 0 Å². The number of rotatable bonds is 17. The van der Waals surface area contributed by atoms with Gasteiger partial charge in [-0.15, -0.1) is 0 Å². The van der Waals surface area contributed by atoms with Crippen molar-refractivity contribution in [3.8, 4) is 0 Å². The second-order valence-corrected chi connectivity index (χ2v) is 7.26. The molecule has 0 aromatic carbocycles. The molecule has 0 aromatic heterocycles. The van der Waals surface area contributed by atoms with Crippen LogP contribution in [0.5, 0.6) is 0 Å². The highest BCUT2D eigenvalue weighted by Gasteiger charge is 2.20. The molecule has 0 aromatic rings. The molecule has 1 unspecified atom stereocenters. The predicted octanol–water partition coefficient (Wildman–Crippen LogP) is 8.50. The Kier molecular flexibility index (Phi) is 17.4. The SMILES string of the molecule is CCCCCCCCC(CCCC)[C](CCCC)CCCC. The van der Waals surface area contributed by atoms with Crippen LogP contribution in [0, 0.1) is 11.8 Å². The Morgan fingerprint density at radius 2 is 0.955 bits per heavy atom. The number of unbranched alkanes of at least 4 members (excludes halogenated alkanes) is 8. The molecular weight excluding hydrogens is 264 g/mol. The van der Waals surface area contributed by atoms with Crippen molar-refractivity contribution >= 4 is 0 Å². The van der Waals surface area contributed by atoms with Gasteiger partial charge in [0.15, 0.2) is 0 Å². The van der Waals surface area contributed by atoms with Gasteiger partial charge in [0.05, 0.1) is 0 Å². The Morgan fingerprint density at radius 3 is 1.50 bits per heavy atom. The molecule has 0 heteroatoms. The monoisotopic (exact) mass is 309 g/mol. The van der Waals surface area contributed by atoms with Crippen molar-refractivity contribution in [2.24, 2.45) is 5.92 Å². The minimum absolute atomic E-state index is 0.948. The topological polar surface area (TPSA) is 0 Å². The molecule has 0 rings (SSSR count). The highest BCUT2D eigenvalue weighted by atomic mass is 14.3. The molecule has 0 aliphatic carbocycles. The van der Waals surface area contributed by atoms with E-state index in [0.717, 1.165) is 5.92 Å². The Balaban J connectivity index is 4.20. The molecule has 1 radical (unpaired) electrons. The normalized spacial score (nSPS) is 13.0. The lowest BCUT2D eigenvalue weighted by Gasteiger charge is -2.27. The van der Waals surface area contributed by atoms with Gasteiger partial charge < -0.3 is 0 Å². The van der Waals surface area contributed by atoms with Crippen LogP contribution in [-0.2, 0) is 0 Å². The summed E-state index contributed by atoms with van der Waals surface area (Å²) in [6, 6.07) is 0. The minimum atomic E-state index is 0.948. The van der Waals surface area contributed by atoms with Gasteiger partial charge in [-0.2, -0.15) is 0 Å². The lowest BCUT2D eigenvalue weighted by atomic mass is 9.78. The first-order chi connectivity index (χ1) is 10.8. The standard InChI is InChI=1S/C22H45/c1-5-9-13-14-15-16-20-22(19-12-8-4)21(17-10-6-2)18-11-7-3/h22H,5-20H2,1-4H3. The van der Waals surface area contributed by atoms with Gasteiger partial charge in [-0.3, -0.25) is 0 Å². The largest absolute Gasteiger partial charge is 0.0654 e. The van der Waals surface area contributed by atoms with Crippen LogP contribution in [0.1, 0.15) is 130 Å². The van der Waals surface area contributed by atoms with E-state index in [9.17, 15) is 0 Å². The van der Waals surface area contributed by atoms with E-state index in [0.29, 0.717) is 0 Å². The predicted molar refractivity (Wildman–Crippen MR) is 103 cm³/mol. The van der Waals surface area contributed by atoms with E-state index < -0.39 is 0 Å². The van der Waals surface area contributed by atoms with Gasteiger partial charge in [0.25, 0.3) is 0 Å². The summed E-state index contributed by atoms with van der Waals surface area (Å²) in [5.74, 6) is 2.88. The van der Waals surface area contributed by atoms with Crippen LogP contribution in [0.2, 0.25) is 0 Å². The van der Waals surface area contributed by atoms with Gasteiger partial charge in [0.2, 0.25) is 0 Å². The maximum Gasteiger partial charge on any atom is -0.0210 e. The van der Waals surface area contributed by atoms with Crippen molar-refractivity contribution in [1.82, 2.24) is 0 Å². The van der Waals surface area contributed by atoms with Crippen LogP contribution < -0.4 is 0 Å². The van der Waals surface area contributed by atoms with E-state index >= 15 is 0 Å². The molecule has 0 fully saturated rings. The maximum atomic E-state index is 2.35. The van der Waals surface area contributed by atoms with Crippen molar-refractivity contribution < 1.29 is 0 Å². The van der Waals surface area contributed by atoms with Crippen LogP contribution >= 0.6 is 0 Å². The zero-order valence-corrected chi connectivity index (χ0v) is 16.4. The zero-order valence-electron chi connectivity index (χ0n) is 16.4. The summed E-state index contributed by atoms with van der Waals surface area (Å²) in [6.45, 7) is 9.33. The van der Waals surface area contributed by atoms with Gasteiger partial charge in [-0.25, -0.2) is 0 Å². The third kappa shape index (κ3) is 12.5. The van der Waals surface area contributed by atoms with Gasteiger partial charge in [-0.1, -0.05) is 105 Å². The van der Waals surface area contributed by atoms with Crippen molar-refractivity contribution in [2.45, 2.75) is 130 Å². The molecule has 133 valence electrons. The molecular formula is C22H45. The molecule has 0 amide bonds. The molecule has 0 saturated carbocycles. The summed E-state index contributed by atoms with van der Waals surface area (Å²) >= 11 is 0. The average Bonchev–Trinajstić information content (AvgIpc) is 2.54. The first-order valence-electron chi connectivity index (χ1n) is 10.6. The van der Waals surface area contributed by atoms with Crippen LogP contribution in [0.15, 0.2) is 0 Å². The summed E-state index contributed by atoms with van der Waals surface area (Å²) in [5.41, 5.74) is 0. The van der Waals surface area contributed by atoms with Crippen LogP contribution in [0.25, 0.3) is 0 Å². The third-order valence-electron chi connectivity index (χ3n) is 5.09. The molecule has 0 heterocycles. The summed E-state index contributed by atoms with van der Waals surface area (Å²) < 4.78 is 0. The first kappa shape index (κ1) is 22.0. The summed E-state index contributed by atoms with van der Waals surface area (Å²) in [6.07, 6.45) is 22.8. The highest BCUT2D eigenvalue weighted by Crippen LogP contribution is 2.34. The van der Waals surface area contributed by atoms with E-state index in [4.69, 9.17) is 0 Å². The van der Waals surface area contributed by atoms with E-state index in [1.807, 2.05) is 5.92 Å². The molecule has 0 N–H and O–H groups in total. The molecule has 0 bridgehead atoms. The van der Waals surface area contributed by atoms with Crippen molar-refractivity contribution in [3.63, 3.8) is 0 Å². The van der Waals surface area contributed by atoms with Crippen molar-refractivity contribution in [1.29, 1.82) is 0 Å². The second-order valence-electron chi connectivity index (χ2n) is 7.26. The Bertz CT molecular complexity index is 188. The number of hydrogen-bond donors (Lipinski definition) is 0. The third-order valence-corrected chi connectivity index (χ3v) is 5.09. The average molecular weight is 310 g/mol. The maximum absolute atomic E-state index is 2.35. The van der Waals surface area contributed by atoms with Crippen molar-refractivity contribution in [3.05, 3.63) is 5.92 Å². The summed E-state index contributed by atoms with van der Waals surface area (Å²) in [5, 5.41) is 0. The molecule has 0 aliphatic rings. The molecule has 22 heavy (non-hydrogen) atoms. The summed E-state index contributed by atoms with van der Waals surface area (Å²) in [7, 11) is 0. The fourth-order valence-electron chi connectivity index (χ4n) is 3.52. The van der Waals surface area contributed by atoms with E-state index in [1.165, 1.54) is 103 Å². The fraction of sp³-hybridized carbons (Fsp3) is 0.955. The van der Waals surface area contributed by atoms with E-state index in [-0.39, 0.29) is 0 Å². The lowest BCUT2D eigenvalue weighted by molar-refractivity contribution is 0.381. The van der Waals surface area contributed by atoms with Crippen LogP contribution in [0.4, 0.5) is 0 Å². The first-order valence-corrected chi connectivity index (χ1v) is 10.6. The molecule has 0 nitrogen and oxygen atoms in total. The minimum Gasteiger partial charge on any atom is -0.0654 e. The van der Waals surface area contributed by atoms with Gasteiger partial charge in [-0.05, 0) is 37.5 Å². The van der Waals surface area contributed by atoms with Gasteiger partial charge in [0.1, 0.15) is 0 Å². The lowest BCUT2D eigenvalue weighted by Crippen LogP contribution is -2.14. The molecule has 0 spiro atoms. The van der Waals surface area contributed by atoms with Crippen molar-refractivity contribution in [2.75, 3.05) is 0 Å². The molecule has 0 aliphatic heterocycles. The van der Waals surface area contributed by atoms with Crippen LogP contribution in [-0.4, -0.2) is 0 Å².